The van der Waals surface area contributed by atoms with E-state index in [2.05, 4.69) is 5.32 Å². The molecule has 0 radical (unpaired) electrons. The molecule has 0 aromatic rings. The number of carbonyl (C=O) groups excluding carboxylic acids is 2. The highest BCUT2D eigenvalue weighted by molar-refractivity contribution is 5.74. The average Bonchev–Trinajstić information content (AvgIpc) is 2.41. The van der Waals surface area contributed by atoms with E-state index in [9.17, 15) is 9.59 Å². The summed E-state index contributed by atoms with van der Waals surface area (Å²) in [7, 11) is 1.65. The molecule has 1 rings (SSSR count). The smallest absolute Gasteiger partial charge is 0.410 e. The minimum atomic E-state index is -0.495. The quantitative estimate of drug-likeness (QED) is 0.871. The second-order valence-corrected chi connectivity index (χ2v) is 7.24. The van der Waals surface area contributed by atoms with Gasteiger partial charge < -0.3 is 19.9 Å². The Balaban J connectivity index is 2.66. The molecule has 0 aromatic heterocycles. The number of nitrogens with one attached hydrogen (secondary N) is 1. The Labute approximate surface area is 134 Å². The van der Waals surface area contributed by atoms with E-state index in [4.69, 9.17) is 4.74 Å². The lowest BCUT2D eigenvalue weighted by molar-refractivity contribution is 0.0131. The van der Waals surface area contributed by atoms with Crippen LogP contribution in [0.2, 0.25) is 0 Å². The number of nitrogens with zero attached hydrogens (tertiary/aromatic N) is 2. The third-order valence-corrected chi connectivity index (χ3v) is 3.73. The van der Waals surface area contributed by atoms with Crippen LogP contribution in [0.3, 0.4) is 0 Å². The van der Waals surface area contributed by atoms with Crippen LogP contribution in [0.4, 0.5) is 9.59 Å². The van der Waals surface area contributed by atoms with Crippen LogP contribution in [0.15, 0.2) is 0 Å². The molecule has 1 fully saturated rings. The van der Waals surface area contributed by atoms with Crippen LogP contribution >= 0.6 is 0 Å². The number of piperidine rings is 1. The first kappa shape index (κ1) is 18.6. The highest BCUT2D eigenvalue weighted by atomic mass is 16.6. The summed E-state index contributed by atoms with van der Waals surface area (Å²) < 4.78 is 5.49. The van der Waals surface area contributed by atoms with Gasteiger partial charge in [0.05, 0.1) is 0 Å². The minimum absolute atomic E-state index is 0.0435. The predicted molar refractivity (Wildman–Crippen MR) is 86.8 cm³/mol. The van der Waals surface area contributed by atoms with Crippen LogP contribution in [-0.4, -0.2) is 60.2 Å². The average molecular weight is 313 g/mol. The second kappa shape index (κ2) is 7.70. The van der Waals surface area contributed by atoms with Gasteiger partial charge >= 0.3 is 12.1 Å². The molecule has 1 atom stereocenters. The van der Waals surface area contributed by atoms with Crippen LogP contribution < -0.4 is 5.32 Å². The van der Waals surface area contributed by atoms with E-state index < -0.39 is 5.60 Å². The van der Waals surface area contributed by atoms with Gasteiger partial charge in [0.15, 0.2) is 0 Å². The minimum Gasteiger partial charge on any atom is -0.444 e. The number of hydrogen-bond acceptors (Lipinski definition) is 3. The van der Waals surface area contributed by atoms with E-state index in [0.717, 1.165) is 19.4 Å². The molecule has 0 unspecified atom stereocenters. The van der Waals surface area contributed by atoms with Crippen molar-refractivity contribution in [3.8, 4) is 0 Å². The number of ether oxygens (including phenoxy) is 1. The van der Waals surface area contributed by atoms with Gasteiger partial charge in [0.2, 0.25) is 0 Å². The van der Waals surface area contributed by atoms with Gasteiger partial charge in [-0.1, -0.05) is 0 Å². The topological polar surface area (TPSA) is 61.9 Å². The van der Waals surface area contributed by atoms with Crippen molar-refractivity contribution in [1.82, 2.24) is 15.1 Å². The molecule has 6 nitrogen and oxygen atoms in total. The highest BCUT2D eigenvalue weighted by Crippen LogP contribution is 2.20. The van der Waals surface area contributed by atoms with Gasteiger partial charge in [0, 0.05) is 32.7 Å². The van der Waals surface area contributed by atoms with Crippen molar-refractivity contribution in [2.45, 2.75) is 59.1 Å². The summed E-state index contributed by atoms with van der Waals surface area (Å²) in [4.78, 5) is 27.7. The monoisotopic (exact) mass is 313 g/mol. The summed E-state index contributed by atoms with van der Waals surface area (Å²) in [5.74, 6) is 0.293. The molecular formula is C16H31N3O3. The molecular weight excluding hydrogens is 282 g/mol. The highest BCUT2D eigenvalue weighted by Gasteiger charge is 2.29. The first-order valence-corrected chi connectivity index (χ1v) is 8.10. The standard InChI is InChI=1S/C16H31N3O3/c1-12(2)19(15(21)22-16(3,4)5)11-13-8-7-9-18(10-13)14(20)17-6/h12-13H,7-11H2,1-6H3,(H,17,20)/t13-/m0/s1. The van der Waals surface area contributed by atoms with Crippen LogP contribution in [0, 0.1) is 5.92 Å². The number of amides is 3. The van der Waals surface area contributed by atoms with Crippen molar-refractivity contribution in [2.24, 2.45) is 5.92 Å². The van der Waals surface area contributed by atoms with Crippen molar-refractivity contribution < 1.29 is 14.3 Å². The third kappa shape index (κ3) is 5.73. The fraction of sp³-hybridized carbons (Fsp3) is 0.875. The molecule has 1 N–H and O–H groups in total. The number of urea groups is 1. The molecule has 0 spiro atoms. The number of rotatable bonds is 3. The number of carbonyl (C=O) groups is 2. The Kier molecular flexibility index (Phi) is 6.50. The van der Waals surface area contributed by atoms with Crippen LogP contribution in [0.1, 0.15) is 47.5 Å². The van der Waals surface area contributed by atoms with Crippen LogP contribution in [0.5, 0.6) is 0 Å². The summed E-state index contributed by atoms with van der Waals surface area (Å²) >= 11 is 0. The van der Waals surface area contributed by atoms with E-state index in [-0.39, 0.29) is 18.2 Å². The van der Waals surface area contributed by atoms with Gasteiger partial charge in [-0.05, 0) is 53.4 Å². The lowest BCUT2D eigenvalue weighted by Crippen LogP contribution is -2.49. The van der Waals surface area contributed by atoms with Gasteiger partial charge in [0.25, 0.3) is 0 Å². The van der Waals surface area contributed by atoms with Gasteiger partial charge in [-0.2, -0.15) is 0 Å². The predicted octanol–water partition coefficient (Wildman–Crippen LogP) is 2.68. The van der Waals surface area contributed by atoms with Gasteiger partial charge in [0.1, 0.15) is 5.60 Å². The fourth-order valence-corrected chi connectivity index (χ4v) is 2.65. The summed E-state index contributed by atoms with van der Waals surface area (Å²) in [6, 6.07) is 0.0308. The molecule has 128 valence electrons. The zero-order valence-corrected chi connectivity index (χ0v) is 14.8. The van der Waals surface area contributed by atoms with Crippen LogP contribution in [-0.2, 0) is 4.74 Å². The molecule has 0 aliphatic carbocycles. The summed E-state index contributed by atoms with van der Waals surface area (Å²) in [5.41, 5.74) is -0.495. The molecule has 0 bridgehead atoms. The largest absolute Gasteiger partial charge is 0.444 e. The van der Waals surface area contributed by atoms with Crippen molar-refractivity contribution in [3.63, 3.8) is 0 Å². The van der Waals surface area contributed by atoms with E-state index in [1.807, 2.05) is 39.5 Å². The van der Waals surface area contributed by atoms with E-state index in [0.29, 0.717) is 19.0 Å². The molecule has 0 aromatic carbocycles. The Morgan fingerprint density at radius 3 is 2.50 bits per heavy atom. The summed E-state index contributed by atoms with van der Waals surface area (Å²) in [5, 5.41) is 2.67. The van der Waals surface area contributed by atoms with E-state index in [1.165, 1.54) is 0 Å². The van der Waals surface area contributed by atoms with Gasteiger partial charge in [-0.25, -0.2) is 9.59 Å². The molecule has 1 aliphatic heterocycles. The maximum Gasteiger partial charge on any atom is 0.410 e. The lowest BCUT2D eigenvalue weighted by atomic mass is 9.97. The molecule has 22 heavy (non-hydrogen) atoms. The number of hydrogen-bond donors (Lipinski definition) is 1. The fourth-order valence-electron chi connectivity index (χ4n) is 2.65. The molecule has 0 saturated carbocycles. The Morgan fingerprint density at radius 2 is 2.00 bits per heavy atom. The summed E-state index contributed by atoms with van der Waals surface area (Å²) in [6.45, 7) is 11.7. The Bertz CT molecular complexity index is 391. The first-order valence-electron chi connectivity index (χ1n) is 8.10. The van der Waals surface area contributed by atoms with Gasteiger partial charge in [-0.3, -0.25) is 0 Å². The van der Waals surface area contributed by atoms with Gasteiger partial charge in [-0.15, -0.1) is 0 Å². The first-order chi connectivity index (χ1) is 10.1. The molecule has 1 heterocycles. The van der Waals surface area contributed by atoms with Crippen molar-refractivity contribution in [1.29, 1.82) is 0 Å². The molecule has 1 saturated heterocycles. The second-order valence-electron chi connectivity index (χ2n) is 7.24. The van der Waals surface area contributed by atoms with E-state index >= 15 is 0 Å². The molecule has 3 amide bonds. The normalized spacial score (nSPS) is 19.0. The SMILES string of the molecule is CNC(=O)N1CCC[C@H](CN(C(=O)OC(C)(C)C)C(C)C)C1. The third-order valence-electron chi connectivity index (χ3n) is 3.73. The zero-order chi connectivity index (χ0) is 16.9. The lowest BCUT2D eigenvalue weighted by Gasteiger charge is -2.37. The zero-order valence-electron chi connectivity index (χ0n) is 14.8. The molecule has 6 heteroatoms. The number of likely N-dealkylation sites (tertiary alicyclic amines) is 1. The van der Waals surface area contributed by atoms with E-state index in [1.54, 1.807) is 11.9 Å². The van der Waals surface area contributed by atoms with Crippen LogP contribution in [0.25, 0.3) is 0 Å². The maximum atomic E-state index is 12.4. The van der Waals surface area contributed by atoms with Crippen molar-refractivity contribution in [3.05, 3.63) is 0 Å². The van der Waals surface area contributed by atoms with Crippen molar-refractivity contribution in [2.75, 3.05) is 26.7 Å². The Hall–Kier alpha value is -1.46. The molecule has 1 aliphatic rings. The Morgan fingerprint density at radius 1 is 1.36 bits per heavy atom. The van der Waals surface area contributed by atoms with Crippen molar-refractivity contribution >= 4 is 12.1 Å². The summed E-state index contributed by atoms with van der Waals surface area (Å²) in [6.07, 6.45) is 1.72. The maximum absolute atomic E-state index is 12.4.